The Hall–Kier alpha value is -4.65. The number of ketones is 1. The normalized spacial score (nSPS) is 24.0. The van der Waals surface area contributed by atoms with Crippen LogP contribution in [0.15, 0.2) is 54.0 Å². The second kappa shape index (κ2) is 16.1. The molecular formula is C40H42F6N4O5S. The van der Waals surface area contributed by atoms with Crippen molar-refractivity contribution in [2.24, 2.45) is 5.92 Å². The molecule has 1 saturated carbocycles. The number of pyridine rings is 1. The molecule has 0 N–H and O–H groups in total. The topological polar surface area (TPSA) is 113 Å². The molecule has 4 heterocycles. The van der Waals surface area contributed by atoms with Crippen molar-refractivity contribution >= 4 is 28.9 Å². The van der Waals surface area contributed by atoms with E-state index >= 15 is 4.79 Å². The molecule has 4 atom stereocenters. The Morgan fingerprint density at radius 3 is 2.36 bits per heavy atom. The molecule has 3 aliphatic rings. The summed E-state index contributed by atoms with van der Waals surface area (Å²) < 4.78 is 96.2. The first-order valence-electron chi connectivity index (χ1n) is 18.7. The summed E-state index contributed by atoms with van der Waals surface area (Å²) in [5, 5.41) is 11.8. The van der Waals surface area contributed by atoms with Gasteiger partial charge in [0.15, 0.2) is 0 Å². The number of carbonyl (C=O) groups excluding carboxylic acids is 3. The summed E-state index contributed by atoms with van der Waals surface area (Å²) in [6.07, 6.45) is -5.99. The van der Waals surface area contributed by atoms with E-state index in [0.717, 1.165) is 34.7 Å². The van der Waals surface area contributed by atoms with Gasteiger partial charge in [-0.15, -0.1) is 11.3 Å². The van der Waals surface area contributed by atoms with Crippen molar-refractivity contribution in [2.75, 3.05) is 19.6 Å². The summed E-state index contributed by atoms with van der Waals surface area (Å²) in [5.41, 5.74) is -4.54. The number of hydrogen-bond acceptors (Lipinski definition) is 8. The van der Waals surface area contributed by atoms with Crippen LogP contribution in [-0.4, -0.2) is 69.8 Å². The Bertz CT molecular complexity index is 1970. The Morgan fingerprint density at radius 1 is 1.00 bits per heavy atom. The zero-order valence-corrected chi connectivity index (χ0v) is 31.7. The van der Waals surface area contributed by atoms with Crippen LogP contribution in [0, 0.1) is 17.2 Å². The number of halogens is 6. The number of nitrogens with zero attached hydrogens (tertiary/aromatic N) is 4. The highest BCUT2D eigenvalue weighted by molar-refractivity contribution is 7.10. The van der Waals surface area contributed by atoms with Crippen molar-refractivity contribution in [3.05, 3.63) is 75.7 Å². The van der Waals surface area contributed by atoms with Crippen LogP contribution in [0.4, 0.5) is 26.3 Å². The van der Waals surface area contributed by atoms with E-state index in [1.165, 1.54) is 4.90 Å². The Labute approximate surface area is 324 Å². The highest BCUT2D eigenvalue weighted by Crippen LogP contribution is 2.45. The van der Waals surface area contributed by atoms with E-state index in [4.69, 9.17) is 9.47 Å². The Balaban J connectivity index is 1.33. The number of aromatic nitrogens is 1. The average Bonchev–Trinajstić information content (AvgIpc) is 3.85. The van der Waals surface area contributed by atoms with Crippen molar-refractivity contribution in [3.8, 4) is 17.6 Å². The van der Waals surface area contributed by atoms with Crippen LogP contribution < -0.4 is 9.47 Å². The molecule has 3 aromatic rings. The van der Waals surface area contributed by atoms with Crippen LogP contribution in [0.1, 0.15) is 98.1 Å². The molecule has 0 spiro atoms. The number of nitriles is 1. The summed E-state index contributed by atoms with van der Waals surface area (Å²) in [6.45, 7) is 3.34. The zero-order valence-electron chi connectivity index (χ0n) is 30.9. The highest BCUT2D eigenvalue weighted by atomic mass is 32.1. The van der Waals surface area contributed by atoms with Gasteiger partial charge in [0.2, 0.25) is 5.60 Å². The molecule has 56 heavy (non-hydrogen) atoms. The Kier molecular flexibility index (Phi) is 11.8. The largest absolute Gasteiger partial charge is 0.490 e. The van der Waals surface area contributed by atoms with Gasteiger partial charge in [-0.25, -0.2) is 0 Å². The van der Waals surface area contributed by atoms with Crippen molar-refractivity contribution in [3.63, 3.8) is 0 Å². The van der Waals surface area contributed by atoms with Crippen LogP contribution in [0.5, 0.6) is 11.5 Å². The van der Waals surface area contributed by atoms with E-state index in [-0.39, 0.29) is 75.3 Å². The average molecular weight is 805 g/mol. The summed E-state index contributed by atoms with van der Waals surface area (Å²) >= 11 is 0.373. The number of Topliss-reactive ketones (excluding diaryl/α,β-unsaturated/α-hetero) is 1. The van der Waals surface area contributed by atoms with Crippen LogP contribution in [-0.2, 0) is 27.4 Å². The molecule has 2 saturated heterocycles. The number of para-hydroxylation sites is 1. The van der Waals surface area contributed by atoms with Gasteiger partial charge in [-0.05, 0) is 70.1 Å². The minimum atomic E-state index is -4.91. The third-order valence-electron chi connectivity index (χ3n) is 11.3. The van der Waals surface area contributed by atoms with E-state index in [2.05, 4.69) is 11.1 Å². The van der Waals surface area contributed by atoms with Crippen molar-refractivity contribution < 1.29 is 50.2 Å². The number of rotatable bonds is 10. The van der Waals surface area contributed by atoms with Crippen LogP contribution in [0.3, 0.4) is 0 Å². The molecule has 0 radical (unpaired) electrons. The number of piperidine rings is 2. The van der Waals surface area contributed by atoms with Gasteiger partial charge >= 0.3 is 12.4 Å². The monoisotopic (exact) mass is 804 g/mol. The van der Waals surface area contributed by atoms with Gasteiger partial charge in [-0.2, -0.15) is 31.6 Å². The maximum atomic E-state index is 15.0. The number of benzene rings is 1. The lowest BCUT2D eigenvalue weighted by atomic mass is 9.72. The number of thiophene rings is 1. The fourth-order valence-electron chi connectivity index (χ4n) is 8.44. The van der Waals surface area contributed by atoms with Crippen LogP contribution in [0.2, 0.25) is 0 Å². The maximum absolute atomic E-state index is 15.0. The minimum Gasteiger partial charge on any atom is -0.490 e. The molecule has 16 heteroatoms. The lowest BCUT2D eigenvalue weighted by Gasteiger charge is -2.51. The number of carbonyl (C=O) groups is 3. The molecule has 0 unspecified atom stereocenters. The summed E-state index contributed by atoms with van der Waals surface area (Å²) in [4.78, 5) is 46.6. The van der Waals surface area contributed by atoms with Gasteiger partial charge in [0, 0.05) is 55.2 Å². The summed E-state index contributed by atoms with van der Waals surface area (Å²) in [5.74, 6) is -1.44. The van der Waals surface area contributed by atoms with E-state index < -0.39 is 57.4 Å². The van der Waals surface area contributed by atoms with Crippen LogP contribution >= 0.6 is 11.3 Å². The smallest absolute Gasteiger partial charge is 0.425 e. The first-order valence-corrected chi connectivity index (χ1v) is 19.6. The predicted octanol–water partition coefficient (Wildman–Crippen LogP) is 8.62. The third-order valence-corrected chi connectivity index (χ3v) is 12.2. The van der Waals surface area contributed by atoms with Gasteiger partial charge in [0.05, 0.1) is 29.2 Å². The van der Waals surface area contributed by atoms with Crippen LogP contribution in [0.25, 0.3) is 0 Å². The maximum Gasteiger partial charge on any atom is 0.425 e. The van der Waals surface area contributed by atoms with E-state index in [0.29, 0.717) is 48.3 Å². The predicted molar refractivity (Wildman–Crippen MR) is 193 cm³/mol. The SMILES string of the molecule is CCC[C@H]1N(C(=O)c2ncccc2C(F)(F)F)CCC[C@@]1(Oc1csc(C(F)(F)F)c1)C(=O)N1CCC(C#N)(c2ccccc2O[C@H]2CC[C@@H](C(C)=O)C2)CC1. The first-order chi connectivity index (χ1) is 26.5. The number of amides is 2. The number of hydrogen-bond donors (Lipinski definition) is 0. The first kappa shape index (κ1) is 41.0. The molecule has 6 rings (SSSR count). The molecule has 2 aromatic heterocycles. The molecule has 300 valence electrons. The fraction of sp³-hybridized carbons (Fsp3) is 0.525. The van der Waals surface area contributed by atoms with Crippen molar-refractivity contribution in [2.45, 2.75) is 107 Å². The Morgan fingerprint density at radius 2 is 1.73 bits per heavy atom. The molecular weight excluding hydrogens is 763 g/mol. The standard InChI is InChI=1S/C40H42F6N4O5S/c1-3-8-32-38(55-28-22-33(56-23-28)40(44,45)46,14-7-18-50(32)35(52)34-30(39(41,42)43)10-6-17-48-34)36(53)49-19-15-37(24-47,16-20-49)29-9-4-5-11-31(29)54-27-13-12-26(21-27)25(2)51/h4-6,9-11,17,22-23,26-27,32H,3,7-8,12-16,18-21H2,1-2H3/t26-,27+,32-,38+/m1/s1. The number of ether oxygens (including phenoxy) is 2. The van der Waals surface area contributed by atoms with Gasteiger partial charge in [0.25, 0.3) is 11.8 Å². The molecule has 3 fully saturated rings. The van der Waals surface area contributed by atoms with Crippen molar-refractivity contribution in [1.82, 2.24) is 14.8 Å². The second-order valence-corrected chi connectivity index (χ2v) is 15.7. The molecule has 1 aromatic carbocycles. The van der Waals surface area contributed by atoms with Gasteiger partial charge < -0.3 is 19.3 Å². The minimum absolute atomic E-state index is 0.0321. The van der Waals surface area contributed by atoms with E-state index in [1.54, 1.807) is 32.0 Å². The lowest BCUT2D eigenvalue weighted by molar-refractivity contribution is -0.160. The number of likely N-dealkylation sites (tertiary alicyclic amines) is 2. The van der Waals surface area contributed by atoms with Gasteiger partial charge in [-0.1, -0.05) is 31.5 Å². The molecule has 2 amide bonds. The number of alkyl halides is 6. The lowest BCUT2D eigenvalue weighted by Crippen LogP contribution is -2.68. The zero-order chi connectivity index (χ0) is 40.5. The van der Waals surface area contributed by atoms with Gasteiger partial charge in [0.1, 0.15) is 27.9 Å². The fourth-order valence-corrected chi connectivity index (χ4v) is 9.11. The molecule has 1 aliphatic carbocycles. The summed E-state index contributed by atoms with van der Waals surface area (Å²) in [6, 6.07) is 11.0. The molecule has 9 nitrogen and oxygen atoms in total. The third kappa shape index (κ3) is 8.10. The quantitative estimate of drug-likeness (QED) is 0.189. The summed E-state index contributed by atoms with van der Waals surface area (Å²) in [7, 11) is 0. The highest BCUT2D eigenvalue weighted by Gasteiger charge is 2.57. The second-order valence-electron chi connectivity index (χ2n) is 14.8. The molecule has 2 aliphatic heterocycles. The van der Waals surface area contributed by atoms with Crippen molar-refractivity contribution in [1.29, 1.82) is 5.26 Å². The molecule has 0 bridgehead atoms. The van der Waals surface area contributed by atoms with E-state index in [9.17, 15) is 41.2 Å². The van der Waals surface area contributed by atoms with Gasteiger partial charge in [-0.3, -0.25) is 19.4 Å². The van der Waals surface area contributed by atoms with E-state index in [1.807, 2.05) is 6.07 Å².